The van der Waals surface area contributed by atoms with Gasteiger partial charge in [-0.15, -0.1) is 0 Å². The molecule has 4 nitrogen and oxygen atoms in total. The predicted molar refractivity (Wildman–Crippen MR) is 72.9 cm³/mol. The molecule has 0 radical (unpaired) electrons. The van der Waals surface area contributed by atoms with Gasteiger partial charge in [0.25, 0.3) is 0 Å². The molecule has 0 bridgehead atoms. The Bertz CT molecular complexity index is 320. The van der Waals surface area contributed by atoms with Gasteiger partial charge in [-0.2, -0.15) is 11.8 Å². The lowest BCUT2D eigenvalue weighted by Crippen LogP contribution is -2.35. The van der Waals surface area contributed by atoms with Crippen LogP contribution in [-0.2, 0) is 10.0 Å². The van der Waals surface area contributed by atoms with Crippen LogP contribution in [0.5, 0.6) is 0 Å². The fraction of sp³-hybridized carbons (Fsp3) is 1.00. The van der Waals surface area contributed by atoms with E-state index in [0.717, 1.165) is 30.9 Å². The van der Waals surface area contributed by atoms with Crippen molar-refractivity contribution in [2.45, 2.75) is 31.7 Å². The average Bonchev–Trinajstić information content (AvgIpc) is 3.11. The minimum absolute atomic E-state index is 0.303. The maximum absolute atomic E-state index is 12.1. The lowest BCUT2D eigenvalue weighted by Gasteiger charge is -2.19. The second kappa shape index (κ2) is 6.41. The largest absolute Gasteiger partial charge is 0.314 e. The molecule has 1 N–H and O–H groups in total. The molecule has 1 saturated heterocycles. The van der Waals surface area contributed by atoms with Gasteiger partial charge in [0, 0.05) is 24.9 Å². The molecule has 1 aliphatic heterocycles. The van der Waals surface area contributed by atoms with E-state index >= 15 is 0 Å². The Morgan fingerprint density at radius 2 is 2.06 bits per heavy atom. The van der Waals surface area contributed by atoms with E-state index in [1.165, 1.54) is 12.8 Å². The average molecular weight is 278 g/mol. The Morgan fingerprint density at radius 3 is 2.82 bits per heavy atom. The van der Waals surface area contributed by atoms with Crippen LogP contribution in [0.25, 0.3) is 0 Å². The molecule has 0 unspecified atom stereocenters. The molecule has 0 amide bonds. The van der Waals surface area contributed by atoms with Crippen LogP contribution in [0.1, 0.15) is 25.7 Å². The Kier molecular flexibility index (Phi) is 5.14. The van der Waals surface area contributed by atoms with Crippen molar-refractivity contribution in [2.75, 3.05) is 36.9 Å². The van der Waals surface area contributed by atoms with E-state index in [9.17, 15) is 8.42 Å². The standard InChI is InChI=1S/C11H22N2O2S2/c14-17(15,10-1-5-12-11-3-4-11)13-6-2-8-16-9-7-13/h11-12H,1-10H2. The number of rotatable bonds is 6. The number of thioether (sulfide) groups is 1. The zero-order valence-electron chi connectivity index (χ0n) is 10.2. The van der Waals surface area contributed by atoms with Gasteiger partial charge in [0.15, 0.2) is 0 Å². The minimum atomic E-state index is -3.00. The quantitative estimate of drug-likeness (QED) is 0.733. The van der Waals surface area contributed by atoms with E-state index < -0.39 is 10.0 Å². The first-order valence-corrected chi connectivity index (χ1v) is 9.24. The summed E-state index contributed by atoms with van der Waals surface area (Å²) >= 11 is 1.86. The molecular weight excluding hydrogens is 256 g/mol. The first-order valence-electron chi connectivity index (χ1n) is 6.47. The molecule has 0 atom stereocenters. The fourth-order valence-corrected chi connectivity index (χ4v) is 4.53. The van der Waals surface area contributed by atoms with Gasteiger partial charge in [0.2, 0.25) is 10.0 Å². The van der Waals surface area contributed by atoms with E-state index in [0.29, 0.717) is 24.9 Å². The summed E-state index contributed by atoms with van der Waals surface area (Å²) in [5.74, 6) is 2.34. The smallest absolute Gasteiger partial charge is 0.214 e. The zero-order valence-corrected chi connectivity index (χ0v) is 11.9. The topological polar surface area (TPSA) is 49.4 Å². The molecule has 1 aliphatic carbocycles. The zero-order chi connectivity index (χ0) is 12.1. The number of nitrogens with one attached hydrogen (secondary N) is 1. The Labute approximate surface area is 109 Å². The van der Waals surface area contributed by atoms with Gasteiger partial charge in [-0.25, -0.2) is 12.7 Å². The summed E-state index contributed by atoms with van der Waals surface area (Å²) in [6.07, 6.45) is 4.25. The van der Waals surface area contributed by atoms with Crippen LogP contribution in [0.15, 0.2) is 0 Å². The Balaban J connectivity index is 1.71. The third-order valence-electron chi connectivity index (χ3n) is 3.16. The van der Waals surface area contributed by atoms with Crippen molar-refractivity contribution < 1.29 is 8.42 Å². The molecule has 6 heteroatoms. The van der Waals surface area contributed by atoms with Gasteiger partial charge >= 0.3 is 0 Å². The highest BCUT2D eigenvalue weighted by Crippen LogP contribution is 2.18. The van der Waals surface area contributed by atoms with Crippen LogP contribution in [-0.4, -0.2) is 55.7 Å². The third-order valence-corrected chi connectivity index (χ3v) is 6.17. The van der Waals surface area contributed by atoms with E-state index in [-0.39, 0.29) is 0 Å². The molecule has 1 saturated carbocycles. The van der Waals surface area contributed by atoms with Crippen molar-refractivity contribution in [1.82, 2.24) is 9.62 Å². The minimum Gasteiger partial charge on any atom is -0.314 e. The second-order valence-corrected chi connectivity index (χ2v) is 8.08. The summed E-state index contributed by atoms with van der Waals surface area (Å²) in [6, 6.07) is 0.673. The number of hydrogen-bond donors (Lipinski definition) is 1. The molecule has 2 fully saturated rings. The van der Waals surface area contributed by atoms with Crippen LogP contribution >= 0.6 is 11.8 Å². The molecule has 1 heterocycles. The van der Waals surface area contributed by atoms with Crippen molar-refractivity contribution in [3.05, 3.63) is 0 Å². The molecule has 0 aromatic heterocycles. The van der Waals surface area contributed by atoms with E-state index in [4.69, 9.17) is 0 Å². The summed E-state index contributed by atoms with van der Waals surface area (Å²) in [5, 5.41) is 3.36. The molecule has 2 aliphatic rings. The van der Waals surface area contributed by atoms with Crippen molar-refractivity contribution in [3.63, 3.8) is 0 Å². The molecule has 0 spiro atoms. The predicted octanol–water partition coefficient (Wildman–Crippen LogP) is 0.897. The van der Waals surface area contributed by atoms with Crippen molar-refractivity contribution in [3.8, 4) is 0 Å². The van der Waals surface area contributed by atoms with E-state index in [2.05, 4.69) is 5.32 Å². The normalized spacial score (nSPS) is 23.5. The molecule has 17 heavy (non-hydrogen) atoms. The van der Waals surface area contributed by atoms with Crippen LogP contribution < -0.4 is 5.32 Å². The van der Waals surface area contributed by atoms with Crippen LogP contribution in [0, 0.1) is 0 Å². The highest BCUT2D eigenvalue weighted by molar-refractivity contribution is 7.99. The maximum Gasteiger partial charge on any atom is 0.214 e. The molecule has 100 valence electrons. The van der Waals surface area contributed by atoms with Crippen molar-refractivity contribution in [1.29, 1.82) is 0 Å². The van der Waals surface area contributed by atoms with Crippen LogP contribution in [0.4, 0.5) is 0 Å². The van der Waals surface area contributed by atoms with Gasteiger partial charge in [0.1, 0.15) is 0 Å². The summed E-state index contributed by atoms with van der Waals surface area (Å²) in [4.78, 5) is 0. The third kappa shape index (κ3) is 4.77. The van der Waals surface area contributed by atoms with Crippen molar-refractivity contribution >= 4 is 21.8 Å². The first kappa shape index (κ1) is 13.6. The lowest BCUT2D eigenvalue weighted by atomic mass is 10.5. The van der Waals surface area contributed by atoms with E-state index in [1.54, 1.807) is 4.31 Å². The van der Waals surface area contributed by atoms with E-state index in [1.807, 2.05) is 11.8 Å². The van der Waals surface area contributed by atoms with Crippen LogP contribution in [0.3, 0.4) is 0 Å². The molecule has 0 aromatic rings. The number of nitrogens with zero attached hydrogens (tertiary/aromatic N) is 1. The van der Waals surface area contributed by atoms with Crippen molar-refractivity contribution in [2.24, 2.45) is 0 Å². The SMILES string of the molecule is O=S(=O)(CCCNC1CC1)N1CCCSCC1. The van der Waals surface area contributed by atoms with Gasteiger partial charge in [-0.3, -0.25) is 0 Å². The second-order valence-electron chi connectivity index (χ2n) is 4.76. The number of sulfonamides is 1. The lowest BCUT2D eigenvalue weighted by molar-refractivity contribution is 0.433. The van der Waals surface area contributed by atoms with Crippen LogP contribution in [0.2, 0.25) is 0 Å². The molecule has 2 rings (SSSR count). The Hall–Kier alpha value is 0.220. The summed E-state index contributed by atoms with van der Waals surface area (Å²) in [5.41, 5.74) is 0. The summed E-state index contributed by atoms with van der Waals surface area (Å²) in [6.45, 7) is 2.25. The molecule has 0 aromatic carbocycles. The number of hydrogen-bond acceptors (Lipinski definition) is 4. The Morgan fingerprint density at radius 1 is 1.24 bits per heavy atom. The fourth-order valence-electron chi connectivity index (χ4n) is 1.98. The maximum atomic E-state index is 12.1. The van der Waals surface area contributed by atoms with Gasteiger partial charge in [-0.1, -0.05) is 0 Å². The highest BCUT2D eigenvalue weighted by Gasteiger charge is 2.23. The molecular formula is C11H22N2O2S2. The van der Waals surface area contributed by atoms with Gasteiger partial charge < -0.3 is 5.32 Å². The summed E-state index contributed by atoms with van der Waals surface area (Å²) < 4.78 is 25.9. The summed E-state index contributed by atoms with van der Waals surface area (Å²) in [7, 11) is -3.00. The first-order chi connectivity index (χ1) is 8.18. The van der Waals surface area contributed by atoms with Gasteiger partial charge in [-0.05, 0) is 38.0 Å². The monoisotopic (exact) mass is 278 g/mol. The highest BCUT2D eigenvalue weighted by atomic mass is 32.2. The van der Waals surface area contributed by atoms with Gasteiger partial charge in [0.05, 0.1) is 5.75 Å².